The monoisotopic (exact) mass is 1990 g/mol. The van der Waals surface area contributed by atoms with Crippen molar-refractivity contribution in [2.24, 2.45) is 0 Å². The Morgan fingerprint density at radius 3 is 1.26 bits per heavy atom. The molecule has 0 saturated carbocycles. The summed E-state index contributed by atoms with van der Waals surface area (Å²) in [7, 11) is 12.6. The second kappa shape index (κ2) is 75.4. The number of anilines is 1. The maximum Gasteiger partial charge on any atom is 2.00 e. The average molecular weight is 1990 g/mol. The smallest absolute Gasteiger partial charge is 1.00 e. The summed E-state index contributed by atoms with van der Waals surface area (Å²) in [5, 5.41) is 67.5. The minimum Gasteiger partial charge on any atom is -1.00 e. The number of rotatable bonds is 23. The number of ether oxygens (including phenoxy) is 2. The number of nitrogens with one attached hydrogen (secondary N) is 4. The fourth-order valence-electron chi connectivity index (χ4n) is 9.15. The molecule has 0 aromatic carbocycles. The third-order valence-electron chi connectivity index (χ3n) is 15.0. The Morgan fingerprint density at radius 2 is 0.969 bits per heavy atom. The third kappa shape index (κ3) is 55.0. The molecule has 8 N–H and O–H groups in total. The van der Waals surface area contributed by atoms with E-state index in [1.165, 1.54) is 80.4 Å². The van der Waals surface area contributed by atoms with Crippen molar-refractivity contribution in [2.75, 3.05) is 100 Å². The number of carbonyl (C=O) groups is 10. The van der Waals surface area contributed by atoms with Crippen LogP contribution < -0.4 is 92.4 Å². The number of nitro groups is 1. The van der Waals surface area contributed by atoms with Gasteiger partial charge in [0.25, 0.3) is 30.1 Å². The molecule has 8 aromatic rings. The van der Waals surface area contributed by atoms with Crippen LogP contribution in [-0.4, -0.2) is 288 Å². The number of nitrogen functional groups attached to an aromatic ring is 1. The number of amides is 5. The van der Waals surface area contributed by atoms with Crippen molar-refractivity contribution in [2.45, 2.75) is 168 Å². The van der Waals surface area contributed by atoms with E-state index in [9.17, 15) is 61.6 Å². The summed E-state index contributed by atoms with van der Waals surface area (Å²) in [5.41, 5.74) is 13.3. The molecule has 0 atom stereocenters. The van der Waals surface area contributed by atoms with E-state index in [1.54, 1.807) is 36.4 Å². The van der Waals surface area contributed by atoms with Crippen LogP contribution in [0, 0.1) is 59.1 Å². The molecule has 129 heavy (non-hydrogen) atoms. The fraction of sp³-hybridized carbons (Fsp3) is 0.506. The van der Waals surface area contributed by atoms with Gasteiger partial charge in [-0.05, 0) is 143 Å². The van der Waals surface area contributed by atoms with Gasteiger partial charge in [0, 0.05) is 152 Å². The van der Waals surface area contributed by atoms with Gasteiger partial charge in [-0.15, -0.1) is 39.9 Å². The molecule has 1 fully saturated rings. The van der Waals surface area contributed by atoms with Gasteiger partial charge in [0.1, 0.15) is 45.8 Å². The maximum absolute atomic E-state index is 12.4. The van der Waals surface area contributed by atoms with Gasteiger partial charge in [-0.25, -0.2) is 29.8 Å². The number of nitrogens with zero attached hydrogens (tertiary/aromatic N) is 15. The summed E-state index contributed by atoms with van der Waals surface area (Å²) in [6, 6.07) is 20.1. The van der Waals surface area contributed by atoms with Crippen molar-refractivity contribution in [1.82, 2.24) is 89.4 Å². The number of Topliss-reactive ketones (excluding diaryl/α,β-unsaturated/α-hetero) is 3. The van der Waals surface area contributed by atoms with Gasteiger partial charge in [-0.1, -0.05) is 26.4 Å². The molecular weight excluding hydrogens is 1870 g/mol. The van der Waals surface area contributed by atoms with Crippen LogP contribution >= 0.6 is 34.8 Å². The quantitative estimate of drug-likeness (QED) is 0.00700. The molecule has 716 valence electrons. The molecule has 0 radical (unpaired) electrons. The standard InChI is InChI=1S/C15H22N4O2.C14H19N3O.C12H16N4O2.C7H14ClNO2.C6H8N4O4.C6H10N4O2.C6H10O2.C4H8O.C2HF3O2.CH2Cl2.CH2O3.CH4O.CH4.CH3.BrH.Mg.2Na.H/c1-6-9-18-13(15(20)17(4)21-5)10-14(16-18)19-11(2)7-8-12(19)3;1-5-8-16-13(12(4)18)9-14(15-16)17-10(2)6-7-11(17)3;1-8-5-6-9(2)16(8)11-7-10(13-14-11)12(17)15(3)18-4;1-7(2,3)11-6(10)9-5-4-8;1-9(14-2)6(11)4-3-5(8-7-4)10(12)13;1-10(12-2)6(11)4-3-5(7)9-8-4;1-5(7)3-4-6(2)8;1-2-4-5-3-1;3-2(4,5)1(6)7;2-1-3;2-1-4-3;1-2;;;;;;;/h7-8,10H,6,9H2,1-5H3;6-7,9H,5,8H2,1-4H3;5-7H,1-4H3,(H,13,14);4-5H2,1-3H3,(H,9,10);3H,1-2H3,(H,7,8);3H,1-2H3,(H3,7,8,9);3-4H2,1-2H3;1-4H2;(H,6,7);1H2;1,3H;2H,1H3;1H4;1H3;1H;;;;/q;;;;;;;;;;;;;-1;;+2;2*+1;-1/p-2. The van der Waals surface area contributed by atoms with Crippen LogP contribution in [0.25, 0.3) is 17.5 Å². The van der Waals surface area contributed by atoms with Crippen LogP contribution in [0.5, 0.6) is 0 Å². The van der Waals surface area contributed by atoms with E-state index in [0.29, 0.717) is 60.4 Å². The van der Waals surface area contributed by atoms with Gasteiger partial charge in [-0.3, -0.25) is 67.7 Å². The van der Waals surface area contributed by atoms with Crippen molar-refractivity contribution in [3.8, 4) is 17.5 Å². The number of halogens is 7. The number of ketones is 3. The molecule has 9 rings (SSSR count). The maximum atomic E-state index is 12.4. The zero-order chi connectivity index (χ0) is 95.2. The number of aliphatic hydroxyl groups excluding tert-OH is 1. The third-order valence-corrected chi connectivity index (χ3v) is 15.2. The number of carboxylic acid groups (broad SMARTS) is 1. The number of H-pyrrole nitrogens is 3. The van der Waals surface area contributed by atoms with Crippen molar-refractivity contribution >= 4 is 129 Å². The summed E-state index contributed by atoms with van der Waals surface area (Å²) >= 11 is 14.9. The molecule has 1 aliphatic rings. The summed E-state index contributed by atoms with van der Waals surface area (Å²) in [6.07, 6.45) is -0.282. The first kappa shape index (κ1) is 139. The first-order valence-corrected chi connectivity index (χ1v) is 38.4. The van der Waals surface area contributed by atoms with Crippen LogP contribution in [0.3, 0.4) is 0 Å². The number of alkyl carbamates (subject to hydrolysis) is 1. The van der Waals surface area contributed by atoms with E-state index in [4.69, 9.17) is 84.7 Å². The molecule has 1 saturated heterocycles. The number of aromatic nitrogens is 13. The molecule has 1 aliphatic heterocycles. The number of aliphatic carboxylic acids is 1. The Labute approximate surface area is 836 Å². The van der Waals surface area contributed by atoms with E-state index in [2.05, 4.69) is 91.2 Å². The van der Waals surface area contributed by atoms with Gasteiger partial charge in [-0.2, -0.15) is 33.6 Å². The zero-order valence-electron chi connectivity index (χ0n) is 78.3. The second-order valence-electron chi connectivity index (χ2n) is 25.8. The number of carbonyl (C=O) groups excluding carboxylic acids is 9. The number of hydrogen-bond donors (Lipinski definition) is 7. The number of alkyl halides is 6. The van der Waals surface area contributed by atoms with Gasteiger partial charge in [0.05, 0.1) is 39.8 Å². The summed E-state index contributed by atoms with van der Waals surface area (Å²) < 4.78 is 51.2. The van der Waals surface area contributed by atoms with E-state index in [0.717, 1.165) is 107 Å². The zero-order valence-corrected chi connectivity index (χ0v) is 86.6. The fourth-order valence-corrected chi connectivity index (χ4v) is 9.24. The second-order valence-corrected chi connectivity index (χ2v) is 26.9. The SMILES string of the molecule is C.C1CCOC1.CC(=O)CCC(C)=O.CC(C)(C)OC(=O)NCCCl.CCCn1nc(-n2c(C)ccc2C)cc1C(=O)N(C)OC.CCCn1nc(-n2c(C)ccc2C)cc1C(C)=O.CO.CON(C)C(=O)c1cc(-n2c(C)ccc2C)n[nH]1.CON(C)C(=O)c1cc(N)n[nH]1.CON(C)C(=O)c1cc([N+](=O)[O-])[nH]n1.ClCCl.O=C(O)C(F)(F)F.O=CO[O-].[Br-].[CH3-].[H-].[Mg+2].[Na+].[Na+]. The van der Waals surface area contributed by atoms with Crippen LogP contribution in [0.4, 0.5) is 29.6 Å². The Bertz CT molecular complexity index is 4440. The number of hydrogen-bond acceptors (Lipinski definition) is 27. The minimum absolute atomic E-state index is 0. The molecule has 5 amide bonds. The first-order valence-electron chi connectivity index (χ1n) is 36.8. The number of aliphatic hydroxyl groups is 1. The van der Waals surface area contributed by atoms with Crippen LogP contribution in [0.1, 0.15) is 189 Å². The summed E-state index contributed by atoms with van der Waals surface area (Å²) in [5.74, 6) is -1.24. The molecule has 0 aliphatic carbocycles. The Hall–Kier alpha value is -8.18. The van der Waals surface area contributed by atoms with Crippen LogP contribution in [0.15, 0.2) is 66.7 Å². The summed E-state index contributed by atoms with van der Waals surface area (Å²) in [6.45, 7) is 30.0. The molecule has 0 bridgehead atoms. The Balaban J connectivity index is -0.000000156. The van der Waals surface area contributed by atoms with Crippen LogP contribution in [-0.2, 0) is 66.0 Å². The molecule has 8 aromatic heterocycles. The number of nitrogens with two attached hydrogens (primary N) is 1. The first-order chi connectivity index (χ1) is 57.6. The van der Waals surface area contributed by atoms with Crippen molar-refractivity contribution < 1.29 is 193 Å². The molecule has 0 unspecified atom stereocenters. The predicted molar refractivity (Wildman–Crippen MR) is 466 cm³/mol. The van der Waals surface area contributed by atoms with Crippen molar-refractivity contribution in [3.63, 3.8) is 0 Å². The average Bonchev–Trinajstić information content (AvgIpc) is 1.66. The topological polar surface area (TPSA) is 529 Å². The summed E-state index contributed by atoms with van der Waals surface area (Å²) in [4.78, 5) is 138. The van der Waals surface area contributed by atoms with E-state index in [1.807, 2.05) is 108 Å². The number of carboxylic acids is 1. The Morgan fingerprint density at radius 1 is 0.628 bits per heavy atom. The van der Waals surface area contributed by atoms with E-state index >= 15 is 0 Å². The number of aryl methyl sites for hydroxylation is 8. The van der Waals surface area contributed by atoms with E-state index < -0.39 is 34.7 Å². The van der Waals surface area contributed by atoms with Gasteiger partial charge < -0.3 is 100 Å². The largest absolute Gasteiger partial charge is 2.00 e. The molecule has 0 spiro atoms. The van der Waals surface area contributed by atoms with Crippen molar-refractivity contribution in [3.05, 3.63) is 147 Å². The van der Waals surface area contributed by atoms with Gasteiger partial charge >= 0.3 is 106 Å². The number of aromatic amines is 3. The number of hydroxylamine groups is 8. The minimum atomic E-state index is -5.08. The molecule has 9 heterocycles. The van der Waals surface area contributed by atoms with Crippen molar-refractivity contribution in [1.29, 1.82) is 0 Å². The Kier molecular flexibility index (Phi) is 81.0. The van der Waals surface area contributed by atoms with Gasteiger partial charge in [0.2, 0.25) is 0 Å². The van der Waals surface area contributed by atoms with Crippen LogP contribution in [0.2, 0.25) is 0 Å². The van der Waals surface area contributed by atoms with E-state index in [-0.39, 0.29) is 180 Å². The molecule has 52 heteroatoms. The van der Waals surface area contributed by atoms with Gasteiger partial charge in [0.15, 0.2) is 28.9 Å². The molecular formula is C77H123BrCl3F3MgN20Na2O22. The normalized spacial score (nSPS) is 10.1. The molecule has 42 nitrogen and oxygen atoms in total. The predicted octanol–water partition coefficient (Wildman–Crippen LogP) is 1.68.